The lowest BCUT2D eigenvalue weighted by molar-refractivity contribution is -0.165. The van der Waals surface area contributed by atoms with Gasteiger partial charge in [-0.3, -0.25) is 9.35 Å². The molecule has 0 radical (unpaired) electrons. The predicted molar refractivity (Wildman–Crippen MR) is 104 cm³/mol. The quantitative estimate of drug-likeness (QED) is 0.225. The highest BCUT2D eigenvalue weighted by Crippen LogP contribution is 2.41. The van der Waals surface area contributed by atoms with Crippen LogP contribution in [0.5, 0.6) is 0 Å². The summed E-state index contributed by atoms with van der Waals surface area (Å²) in [5.74, 6) is -6.01. The van der Waals surface area contributed by atoms with Crippen molar-refractivity contribution in [1.82, 2.24) is 4.90 Å². The highest BCUT2D eigenvalue weighted by atomic mass is 32.2. The summed E-state index contributed by atoms with van der Waals surface area (Å²) >= 11 is 0. The Hall–Kier alpha value is -1.63. The maximum Gasteiger partial charge on any atom is 0.431 e. The average Bonchev–Trinajstić information content (AvgIpc) is 3.12. The molecule has 0 bridgehead atoms. The molecular weight excluding hydrogens is 462 g/mol. The first-order chi connectivity index (χ1) is 14.7. The fraction of sp³-hybridized carbons (Fsp3) is 0.895. The lowest BCUT2D eigenvalue weighted by Crippen LogP contribution is -2.46. The Morgan fingerprint density at radius 2 is 1.66 bits per heavy atom. The van der Waals surface area contributed by atoms with E-state index in [1.807, 2.05) is 6.92 Å². The van der Waals surface area contributed by atoms with Crippen LogP contribution in [0.1, 0.15) is 64.7 Å². The Labute approximate surface area is 184 Å². The second-order valence-electron chi connectivity index (χ2n) is 8.61. The lowest BCUT2D eigenvalue weighted by atomic mass is 9.97. The number of rotatable bonds is 9. The second kappa shape index (κ2) is 10.1. The van der Waals surface area contributed by atoms with E-state index >= 15 is 0 Å². The van der Waals surface area contributed by atoms with Crippen molar-refractivity contribution in [3.05, 3.63) is 0 Å². The zero-order valence-electron chi connectivity index (χ0n) is 17.8. The highest BCUT2D eigenvalue weighted by Gasteiger charge is 2.64. The van der Waals surface area contributed by atoms with Crippen LogP contribution >= 0.6 is 0 Å². The number of alkyl halides is 4. The minimum absolute atomic E-state index is 0.188. The molecule has 0 aromatic carbocycles. The van der Waals surface area contributed by atoms with Crippen molar-refractivity contribution in [2.24, 2.45) is 5.92 Å². The maximum absolute atomic E-state index is 13.4. The van der Waals surface area contributed by atoms with Crippen LogP contribution in [0.25, 0.3) is 0 Å². The van der Waals surface area contributed by atoms with Gasteiger partial charge in [-0.05, 0) is 58.3 Å². The summed E-state index contributed by atoms with van der Waals surface area (Å²) in [4.78, 5) is 26.0. The zero-order valence-corrected chi connectivity index (χ0v) is 18.6. The number of halogens is 4. The van der Waals surface area contributed by atoms with Gasteiger partial charge in [0.15, 0.2) is 0 Å². The van der Waals surface area contributed by atoms with Gasteiger partial charge < -0.3 is 14.4 Å². The van der Waals surface area contributed by atoms with E-state index < -0.39 is 57.7 Å². The van der Waals surface area contributed by atoms with Crippen molar-refractivity contribution < 1.29 is 49.6 Å². The molecule has 0 unspecified atom stereocenters. The summed E-state index contributed by atoms with van der Waals surface area (Å²) < 4.78 is 92.7. The molecule has 1 saturated carbocycles. The van der Waals surface area contributed by atoms with Crippen LogP contribution in [0.3, 0.4) is 0 Å². The van der Waals surface area contributed by atoms with Gasteiger partial charge in [-0.1, -0.05) is 0 Å². The Morgan fingerprint density at radius 1 is 1.09 bits per heavy atom. The number of carbonyl (C=O) groups excluding carboxylic acids is 2. The van der Waals surface area contributed by atoms with E-state index in [0.717, 1.165) is 25.7 Å². The topological polar surface area (TPSA) is 110 Å². The predicted octanol–water partition coefficient (Wildman–Crippen LogP) is 4.00. The third kappa shape index (κ3) is 6.46. The first-order valence-electron chi connectivity index (χ1n) is 10.6. The molecule has 1 aliphatic heterocycles. The number of hydrogen-bond acceptors (Lipinski definition) is 6. The highest BCUT2D eigenvalue weighted by molar-refractivity contribution is 7.87. The van der Waals surface area contributed by atoms with Crippen molar-refractivity contribution >= 4 is 22.2 Å². The third-order valence-electron chi connectivity index (χ3n) is 5.96. The fourth-order valence-electron chi connectivity index (χ4n) is 3.87. The first-order valence-corrected chi connectivity index (χ1v) is 12.0. The number of esters is 1. The molecule has 8 nitrogen and oxygen atoms in total. The van der Waals surface area contributed by atoms with Gasteiger partial charge in [-0.2, -0.15) is 26.0 Å². The van der Waals surface area contributed by atoms with Crippen molar-refractivity contribution in [3.63, 3.8) is 0 Å². The van der Waals surface area contributed by atoms with E-state index in [0.29, 0.717) is 25.9 Å². The van der Waals surface area contributed by atoms with Crippen molar-refractivity contribution in [2.45, 2.75) is 81.5 Å². The summed E-state index contributed by atoms with van der Waals surface area (Å²) in [5.41, 5.74) is -0.449. The van der Waals surface area contributed by atoms with Gasteiger partial charge in [0.2, 0.25) is 0 Å². The molecular formula is C19H29F4NO7S. The summed E-state index contributed by atoms with van der Waals surface area (Å²) in [6.45, 7) is 2.23. The number of unbranched alkanes of at least 4 members (excludes halogenated alkanes) is 1. The van der Waals surface area contributed by atoms with Gasteiger partial charge in [0.05, 0.1) is 12.5 Å². The third-order valence-corrected chi connectivity index (χ3v) is 6.91. The van der Waals surface area contributed by atoms with E-state index in [1.165, 1.54) is 4.90 Å². The Bertz CT molecular complexity index is 777. The summed E-state index contributed by atoms with van der Waals surface area (Å²) in [6, 6.07) is 0. The van der Waals surface area contributed by atoms with Crippen LogP contribution in [0.4, 0.5) is 22.4 Å². The Morgan fingerprint density at radius 3 is 2.19 bits per heavy atom. The largest absolute Gasteiger partial charge is 0.465 e. The number of nitrogens with zero attached hydrogens (tertiary/aromatic N) is 1. The van der Waals surface area contributed by atoms with E-state index in [1.54, 1.807) is 0 Å². The molecule has 0 spiro atoms. The van der Waals surface area contributed by atoms with E-state index in [4.69, 9.17) is 14.0 Å². The summed E-state index contributed by atoms with van der Waals surface area (Å²) in [7, 11) is -6.26. The van der Waals surface area contributed by atoms with Crippen LogP contribution in [0.2, 0.25) is 0 Å². The average molecular weight is 492 g/mol. The molecule has 1 amide bonds. The smallest absolute Gasteiger partial charge is 0.431 e. The number of hydrogen-bond donors (Lipinski definition) is 1. The van der Waals surface area contributed by atoms with Gasteiger partial charge in [-0.15, -0.1) is 0 Å². The Kier molecular flexibility index (Phi) is 8.41. The maximum atomic E-state index is 13.4. The van der Waals surface area contributed by atoms with E-state index in [9.17, 15) is 35.6 Å². The standard InChI is InChI=1S/C19H29F4NO7S/c1-17(8-2-3-9-17)31-16(26)24-11-6-14(7-12-24)15(25)30-13-5-4-10-18(20,21)19(22,23)32(27,28)29/h14H,2-13H2,1H3,(H,27,28,29). The van der Waals surface area contributed by atoms with Crippen LogP contribution < -0.4 is 0 Å². The normalized spacial score (nSPS) is 20.2. The zero-order chi connectivity index (χ0) is 24.2. The molecule has 2 rings (SSSR count). The van der Waals surface area contributed by atoms with Gasteiger partial charge in [0, 0.05) is 19.5 Å². The van der Waals surface area contributed by atoms with Crippen molar-refractivity contribution in [1.29, 1.82) is 0 Å². The molecule has 1 aliphatic carbocycles. The molecule has 186 valence electrons. The molecule has 1 N–H and O–H groups in total. The van der Waals surface area contributed by atoms with Gasteiger partial charge >= 0.3 is 33.4 Å². The van der Waals surface area contributed by atoms with Gasteiger partial charge in [0.1, 0.15) is 5.60 Å². The molecule has 2 fully saturated rings. The molecule has 2 aliphatic rings. The molecule has 13 heteroatoms. The molecule has 0 aromatic rings. The summed E-state index contributed by atoms with van der Waals surface area (Å²) in [5, 5.41) is -5.60. The van der Waals surface area contributed by atoms with E-state index in [-0.39, 0.29) is 13.0 Å². The number of carbonyl (C=O) groups is 2. The van der Waals surface area contributed by atoms with Crippen molar-refractivity contribution in [3.8, 4) is 0 Å². The number of likely N-dealkylation sites (tertiary alicyclic amines) is 1. The van der Waals surface area contributed by atoms with Gasteiger partial charge in [-0.25, -0.2) is 4.79 Å². The molecule has 1 saturated heterocycles. The molecule has 0 atom stereocenters. The summed E-state index contributed by atoms with van der Waals surface area (Å²) in [6.07, 6.45) is 1.71. The number of ether oxygens (including phenoxy) is 2. The second-order valence-corrected chi connectivity index (χ2v) is 10.1. The van der Waals surface area contributed by atoms with Crippen LogP contribution in [0.15, 0.2) is 0 Å². The van der Waals surface area contributed by atoms with Crippen LogP contribution in [-0.4, -0.2) is 66.4 Å². The molecule has 32 heavy (non-hydrogen) atoms. The number of piperidine rings is 1. The van der Waals surface area contributed by atoms with Gasteiger partial charge in [0.25, 0.3) is 0 Å². The lowest BCUT2D eigenvalue weighted by Gasteiger charge is -2.33. The minimum atomic E-state index is -6.26. The molecule has 0 aromatic heterocycles. The first kappa shape index (κ1) is 26.6. The monoisotopic (exact) mass is 491 g/mol. The number of amides is 1. The van der Waals surface area contributed by atoms with Crippen LogP contribution in [-0.2, 0) is 24.4 Å². The fourth-order valence-corrected chi connectivity index (χ4v) is 4.35. The Balaban J connectivity index is 1.67. The van der Waals surface area contributed by atoms with E-state index in [2.05, 4.69) is 0 Å². The minimum Gasteiger partial charge on any atom is -0.465 e. The van der Waals surface area contributed by atoms with Crippen molar-refractivity contribution in [2.75, 3.05) is 19.7 Å². The van der Waals surface area contributed by atoms with Crippen LogP contribution in [0, 0.1) is 5.92 Å². The molecule has 1 heterocycles. The SMILES string of the molecule is CC1(OC(=O)N2CCC(C(=O)OCCCCC(F)(F)C(F)(F)S(=O)(=O)O)CC2)CCCC1.